The molecule has 0 fully saturated rings. The predicted octanol–water partition coefficient (Wildman–Crippen LogP) is 2.96. The number of nitrogens with two attached hydrogens (primary N) is 1. The number of fused-ring (bicyclic) bond motifs is 1. The van der Waals surface area contributed by atoms with Gasteiger partial charge >= 0.3 is 0 Å². The molecule has 248 valence electrons. The van der Waals surface area contributed by atoms with Crippen LogP contribution < -0.4 is 11.1 Å². The lowest BCUT2D eigenvalue weighted by Crippen LogP contribution is -2.14. The minimum atomic E-state index is -4.64. The molecule has 20 heteroatoms. The molecular formula is C26H25ClN2O13S4. The van der Waals surface area contributed by atoms with E-state index in [1.807, 2.05) is 0 Å². The van der Waals surface area contributed by atoms with Gasteiger partial charge in [0.15, 0.2) is 9.84 Å². The molecule has 4 aromatic rings. The second-order valence-corrected chi connectivity index (χ2v) is 16.2. The van der Waals surface area contributed by atoms with E-state index in [0.29, 0.717) is 10.9 Å². The van der Waals surface area contributed by atoms with Crippen LogP contribution in [0.15, 0.2) is 87.5 Å². The largest absolute Gasteiger partial charge is 0.506 e. The monoisotopic (exact) mass is 736 g/mol. The molecule has 15 nitrogen and oxygen atoms in total. The predicted molar refractivity (Wildman–Crippen MR) is 169 cm³/mol. The van der Waals surface area contributed by atoms with E-state index in [2.05, 4.69) is 5.32 Å². The van der Waals surface area contributed by atoms with Crippen molar-refractivity contribution in [3.63, 3.8) is 0 Å². The molecule has 0 bridgehead atoms. The summed E-state index contributed by atoms with van der Waals surface area (Å²) in [7, 11) is -16.9. The van der Waals surface area contributed by atoms with Crippen molar-refractivity contribution in [3.8, 4) is 5.75 Å². The maximum Gasteiger partial charge on any atom is 0.298 e. The molecule has 46 heavy (non-hydrogen) atoms. The SMILES string of the molecule is Nc1ccc(NC(=O)c2ccc(CS(=O)(=O)CCCl)cc2)cc1S(=O)(=O)O.O=S(=O)(O)c1ccc2cc(O)c(S(=O)(=O)O)cc2c1. The van der Waals surface area contributed by atoms with E-state index in [9.17, 15) is 43.6 Å². The van der Waals surface area contributed by atoms with E-state index in [4.69, 9.17) is 31.0 Å². The Labute approximate surface area is 268 Å². The molecule has 0 radical (unpaired) electrons. The number of nitrogen functional groups attached to an aromatic ring is 1. The maximum absolute atomic E-state index is 12.3. The Balaban J connectivity index is 0.000000266. The second-order valence-electron chi connectivity index (χ2n) is 9.44. The van der Waals surface area contributed by atoms with Crippen LogP contribution in [0.2, 0.25) is 0 Å². The number of halogens is 1. The molecular weight excluding hydrogens is 712 g/mol. The van der Waals surface area contributed by atoms with Gasteiger partial charge in [-0.1, -0.05) is 18.2 Å². The summed E-state index contributed by atoms with van der Waals surface area (Å²) in [6.45, 7) is 0. The summed E-state index contributed by atoms with van der Waals surface area (Å²) < 4.78 is 117. The van der Waals surface area contributed by atoms with Gasteiger partial charge in [0.05, 0.1) is 22.1 Å². The maximum atomic E-state index is 12.3. The molecule has 0 saturated carbocycles. The number of nitrogens with one attached hydrogen (secondary N) is 1. The number of hydrogen-bond donors (Lipinski definition) is 6. The average Bonchev–Trinajstić information content (AvgIpc) is 2.92. The summed E-state index contributed by atoms with van der Waals surface area (Å²) in [5.41, 5.74) is 6.21. The van der Waals surface area contributed by atoms with E-state index >= 15 is 0 Å². The fourth-order valence-corrected chi connectivity index (χ4v) is 7.39. The van der Waals surface area contributed by atoms with E-state index in [0.717, 1.165) is 30.3 Å². The van der Waals surface area contributed by atoms with Crippen molar-refractivity contribution in [2.75, 3.05) is 22.7 Å². The van der Waals surface area contributed by atoms with Crippen LogP contribution in [0.5, 0.6) is 5.75 Å². The summed E-state index contributed by atoms with van der Waals surface area (Å²) in [6, 6.07) is 15.0. The summed E-state index contributed by atoms with van der Waals surface area (Å²) in [4.78, 5) is 10.6. The number of benzene rings is 4. The summed E-state index contributed by atoms with van der Waals surface area (Å²) in [5, 5.41) is 12.4. The van der Waals surface area contributed by atoms with Crippen LogP contribution in [0, 0.1) is 0 Å². The highest BCUT2D eigenvalue weighted by atomic mass is 35.5. The van der Waals surface area contributed by atoms with Crippen molar-refractivity contribution in [1.29, 1.82) is 0 Å². The van der Waals surface area contributed by atoms with Gasteiger partial charge in [0, 0.05) is 17.1 Å². The normalized spacial score (nSPS) is 12.3. The van der Waals surface area contributed by atoms with Gasteiger partial charge < -0.3 is 16.2 Å². The molecule has 0 aliphatic rings. The van der Waals surface area contributed by atoms with Crippen LogP contribution in [0.1, 0.15) is 15.9 Å². The van der Waals surface area contributed by atoms with Gasteiger partial charge in [0.1, 0.15) is 15.5 Å². The molecule has 0 heterocycles. The fourth-order valence-electron chi connectivity index (χ4n) is 3.84. The first-order valence-corrected chi connectivity index (χ1v) is 19.0. The number of phenols is 1. The Bertz CT molecular complexity index is 2240. The smallest absolute Gasteiger partial charge is 0.298 e. The van der Waals surface area contributed by atoms with Crippen molar-refractivity contribution in [2.45, 2.75) is 20.4 Å². The number of aromatic hydroxyl groups is 1. The lowest BCUT2D eigenvalue weighted by Gasteiger charge is -2.09. The van der Waals surface area contributed by atoms with Crippen molar-refractivity contribution in [3.05, 3.63) is 83.9 Å². The van der Waals surface area contributed by atoms with E-state index < -0.39 is 66.5 Å². The van der Waals surface area contributed by atoms with Crippen LogP contribution in [-0.2, 0) is 45.9 Å². The zero-order chi connectivity index (χ0) is 34.7. The quantitative estimate of drug-likeness (QED) is 0.0819. The number of anilines is 2. The molecule has 0 aliphatic carbocycles. The first-order valence-electron chi connectivity index (χ1n) is 12.4. The lowest BCUT2D eigenvalue weighted by molar-refractivity contribution is 0.102. The van der Waals surface area contributed by atoms with Gasteiger partial charge in [-0.05, 0) is 70.9 Å². The minimum Gasteiger partial charge on any atom is -0.506 e. The fraction of sp³-hybridized carbons (Fsp3) is 0.115. The minimum absolute atomic E-state index is 0.00988. The number of amides is 1. The first kappa shape index (κ1) is 36.6. The molecule has 4 aromatic carbocycles. The average molecular weight is 737 g/mol. The molecule has 0 aromatic heterocycles. The Morgan fingerprint density at radius 2 is 1.33 bits per heavy atom. The Morgan fingerprint density at radius 3 is 1.87 bits per heavy atom. The molecule has 0 atom stereocenters. The molecule has 0 aliphatic heterocycles. The van der Waals surface area contributed by atoms with Crippen molar-refractivity contribution in [2.24, 2.45) is 0 Å². The van der Waals surface area contributed by atoms with Crippen LogP contribution >= 0.6 is 11.6 Å². The van der Waals surface area contributed by atoms with Crippen molar-refractivity contribution < 1.29 is 57.2 Å². The van der Waals surface area contributed by atoms with Crippen LogP contribution in [0.25, 0.3) is 10.8 Å². The van der Waals surface area contributed by atoms with Gasteiger partial charge in [0.2, 0.25) is 0 Å². The molecule has 1 amide bonds. The molecule has 4 rings (SSSR count). The first-order chi connectivity index (χ1) is 21.1. The summed E-state index contributed by atoms with van der Waals surface area (Å²) in [6.07, 6.45) is 0. The topological polar surface area (TPSA) is 273 Å². The van der Waals surface area contributed by atoms with Crippen LogP contribution in [0.4, 0.5) is 11.4 Å². The highest BCUT2D eigenvalue weighted by Gasteiger charge is 2.19. The Kier molecular flexibility index (Phi) is 11.1. The highest BCUT2D eigenvalue weighted by molar-refractivity contribution is 7.90. The molecule has 0 saturated heterocycles. The third kappa shape index (κ3) is 9.84. The lowest BCUT2D eigenvalue weighted by atomic mass is 10.1. The Hall–Kier alpha value is -3.82. The van der Waals surface area contributed by atoms with Gasteiger partial charge in [-0.15, -0.1) is 11.6 Å². The number of alkyl halides is 1. The van der Waals surface area contributed by atoms with Crippen LogP contribution in [-0.4, -0.2) is 70.0 Å². The van der Waals surface area contributed by atoms with Gasteiger partial charge in [-0.25, -0.2) is 8.42 Å². The van der Waals surface area contributed by atoms with Gasteiger partial charge in [-0.3, -0.25) is 18.5 Å². The van der Waals surface area contributed by atoms with Gasteiger partial charge in [0.25, 0.3) is 36.3 Å². The van der Waals surface area contributed by atoms with Crippen LogP contribution in [0.3, 0.4) is 0 Å². The number of rotatable bonds is 9. The number of phenolic OH excluding ortho intramolecular Hbond substituents is 1. The van der Waals surface area contributed by atoms with E-state index in [1.165, 1.54) is 42.5 Å². The van der Waals surface area contributed by atoms with Crippen molar-refractivity contribution >= 4 is 79.8 Å². The molecule has 7 N–H and O–H groups in total. The number of sulfone groups is 1. The zero-order valence-electron chi connectivity index (χ0n) is 23.1. The number of carbonyl (C=O) groups is 1. The third-order valence-electron chi connectivity index (χ3n) is 6.01. The third-order valence-corrected chi connectivity index (χ3v) is 10.7. The second kappa shape index (κ2) is 13.9. The van der Waals surface area contributed by atoms with Gasteiger partial charge in [-0.2, -0.15) is 25.3 Å². The van der Waals surface area contributed by atoms with E-state index in [-0.39, 0.29) is 39.7 Å². The number of hydrogen-bond acceptors (Lipinski definition) is 11. The Morgan fingerprint density at radius 1 is 0.717 bits per heavy atom. The standard InChI is InChI=1S/C16H17ClN2O6S2.C10H8O7S2/c17-7-8-26(21,22)10-11-1-3-12(4-2-11)16(20)19-13-5-6-14(18)15(9-13)27(23,24)25;11-9-4-6-1-2-8(18(12,13)14)3-7(6)5-10(9)19(15,16)17/h1-6,9H,7-8,10,18H2,(H,19,20)(H,23,24,25);1-5,11H,(H,12,13,14)(H,15,16,17). The molecule has 0 unspecified atom stereocenters. The van der Waals surface area contributed by atoms with Crippen molar-refractivity contribution in [1.82, 2.24) is 0 Å². The summed E-state index contributed by atoms with van der Waals surface area (Å²) >= 11 is 5.45. The molecule has 0 spiro atoms. The van der Waals surface area contributed by atoms with E-state index in [1.54, 1.807) is 0 Å². The zero-order valence-corrected chi connectivity index (χ0v) is 27.1. The summed E-state index contributed by atoms with van der Waals surface area (Å²) in [5.74, 6) is -1.51. The highest BCUT2D eigenvalue weighted by Crippen LogP contribution is 2.30. The number of carbonyl (C=O) groups excluding carboxylic acids is 1.